The molecule has 2 rings (SSSR count). The molecule has 2 aromatic carbocycles. The summed E-state index contributed by atoms with van der Waals surface area (Å²) in [6, 6.07) is 5.24. The van der Waals surface area contributed by atoms with Crippen LogP contribution in [0.15, 0.2) is 30.3 Å². The van der Waals surface area contributed by atoms with E-state index in [1.807, 2.05) is 0 Å². The molecule has 0 saturated heterocycles. The Balaban J connectivity index is 2.37. The Morgan fingerprint density at radius 3 is 2.38 bits per heavy atom. The van der Waals surface area contributed by atoms with Gasteiger partial charge in [-0.1, -0.05) is 29.8 Å². The molecular weight excluding hydrogens is 308 g/mol. The van der Waals surface area contributed by atoms with E-state index in [0.29, 0.717) is 0 Å². The van der Waals surface area contributed by atoms with Crippen LogP contribution in [0.2, 0.25) is 5.02 Å². The third kappa shape index (κ3) is 3.18. The molecule has 0 fully saturated rings. The van der Waals surface area contributed by atoms with E-state index in [-0.39, 0.29) is 22.6 Å². The van der Waals surface area contributed by atoms with Gasteiger partial charge in [-0.15, -0.1) is 0 Å². The molecule has 0 radical (unpaired) electrons. The molecule has 0 aliphatic heterocycles. The lowest BCUT2D eigenvalue weighted by Crippen LogP contribution is -2.30. The number of benzene rings is 2. The minimum absolute atomic E-state index is 0.0785. The van der Waals surface area contributed by atoms with Crippen LogP contribution in [0.4, 0.5) is 17.6 Å². The normalized spacial score (nSPS) is 12.5. The molecule has 112 valence electrons. The molecule has 21 heavy (non-hydrogen) atoms. The second kappa shape index (κ2) is 6.43. The number of rotatable bonds is 4. The van der Waals surface area contributed by atoms with Crippen molar-refractivity contribution in [2.45, 2.75) is 12.5 Å². The lowest BCUT2D eigenvalue weighted by atomic mass is 9.98. The monoisotopic (exact) mass is 318 g/mol. The van der Waals surface area contributed by atoms with Gasteiger partial charge in [0.2, 0.25) is 0 Å². The highest BCUT2D eigenvalue weighted by atomic mass is 35.5. The smallest absolute Gasteiger partial charge is 0.194 e. The summed E-state index contributed by atoms with van der Waals surface area (Å²) in [5.41, 5.74) is 2.24. The Kier molecular flexibility index (Phi) is 4.82. The summed E-state index contributed by atoms with van der Waals surface area (Å²) in [5.74, 6) is 0.382. The number of hydrogen-bond acceptors (Lipinski definition) is 2. The van der Waals surface area contributed by atoms with Crippen LogP contribution < -0.4 is 11.3 Å². The number of nitrogens with two attached hydrogens (primary N) is 1. The van der Waals surface area contributed by atoms with Crippen LogP contribution in [0.1, 0.15) is 17.2 Å². The van der Waals surface area contributed by atoms with Crippen molar-refractivity contribution in [3.63, 3.8) is 0 Å². The van der Waals surface area contributed by atoms with Crippen molar-refractivity contribution in [2.75, 3.05) is 0 Å². The van der Waals surface area contributed by atoms with Crippen molar-refractivity contribution in [1.82, 2.24) is 5.43 Å². The Morgan fingerprint density at radius 2 is 1.71 bits per heavy atom. The van der Waals surface area contributed by atoms with E-state index < -0.39 is 29.3 Å². The van der Waals surface area contributed by atoms with Crippen molar-refractivity contribution in [3.05, 3.63) is 69.8 Å². The Morgan fingerprint density at radius 1 is 1.00 bits per heavy atom. The topological polar surface area (TPSA) is 38.0 Å². The summed E-state index contributed by atoms with van der Waals surface area (Å²) in [6.07, 6.45) is -0.0785. The van der Waals surface area contributed by atoms with Crippen LogP contribution in [0.5, 0.6) is 0 Å². The molecule has 2 aromatic rings. The van der Waals surface area contributed by atoms with Crippen molar-refractivity contribution in [1.29, 1.82) is 0 Å². The van der Waals surface area contributed by atoms with Crippen molar-refractivity contribution >= 4 is 11.6 Å². The maximum atomic E-state index is 13.8. The Bertz CT molecular complexity index is 664. The second-order valence-corrected chi connectivity index (χ2v) is 4.81. The molecule has 7 heteroatoms. The van der Waals surface area contributed by atoms with E-state index in [2.05, 4.69) is 5.43 Å². The van der Waals surface area contributed by atoms with Gasteiger partial charge in [0, 0.05) is 5.56 Å². The van der Waals surface area contributed by atoms with Gasteiger partial charge >= 0.3 is 0 Å². The summed E-state index contributed by atoms with van der Waals surface area (Å²) in [7, 11) is 0. The predicted molar refractivity (Wildman–Crippen MR) is 71.5 cm³/mol. The summed E-state index contributed by atoms with van der Waals surface area (Å²) < 4.78 is 53.8. The molecule has 1 atom stereocenters. The van der Waals surface area contributed by atoms with Gasteiger partial charge in [0.25, 0.3) is 0 Å². The molecule has 0 heterocycles. The highest BCUT2D eigenvalue weighted by Gasteiger charge is 2.21. The second-order valence-electron chi connectivity index (χ2n) is 4.40. The zero-order valence-electron chi connectivity index (χ0n) is 10.6. The quantitative estimate of drug-likeness (QED) is 0.391. The molecule has 1 unspecified atom stereocenters. The van der Waals surface area contributed by atoms with Crippen LogP contribution in [-0.2, 0) is 6.42 Å². The van der Waals surface area contributed by atoms with Crippen molar-refractivity contribution in [2.24, 2.45) is 5.84 Å². The van der Waals surface area contributed by atoms with E-state index in [1.54, 1.807) is 0 Å². The number of halogens is 5. The fourth-order valence-electron chi connectivity index (χ4n) is 1.99. The summed E-state index contributed by atoms with van der Waals surface area (Å²) in [6.45, 7) is 0. The third-order valence-corrected chi connectivity index (χ3v) is 3.39. The first-order chi connectivity index (χ1) is 9.95. The van der Waals surface area contributed by atoms with E-state index >= 15 is 0 Å². The van der Waals surface area contributed by atoms with Crippen LogP contribution in [0.25, 0.3) is 0 Å². The van der Waals surface area contributed by atoms with Crippen LogP contribution in [0, 0.1) is 23.3 Å². The van der Waals surface area contributed by atoms with Crippen molar-refractivity contribution in [3.8, 4) is 0 Å². The summed E-state index contributed by atoms with van der Waals surface area (Å²) in [4.78, 5) is 0. The van der Waals surface area contributed by atoms with Crippen LogP contribution in [0.3, 0.4) is 0 Å². The van der Waals surface area contributed by atoms with E-state index in [4.69, 9.17) is 17.4 Å². The van der Waals surface area contributed by atoms with Crippen molar-refractivity contribution < 1.29 is 17.6 Å². The number of hydrazine groups is 1. The van der Waals surface area contributed by atoms with Crippen LogP contribution >= 0.6 is 11.6 Å². The van der Waals surface area contributed by atoms with Gasteiger partial charge in [0.1, 0.15) is 5.82 Å². The fourth-order valence-corrected chi connectivity index (χ4v) is 2.19. The average Bonchev–Trinajstić information content (AvgIpc) is 2.47. The molecule has 2 nitrogen and oxygen atoms in total. The fraction of sp³-hybridized carbons (Fsp3) is 0.143. The van der Waals surface area contributed by atoms with E-state index in [9.17, 15) is 17.6 Å². The molecule has 0 aromatic heterocycles. The molecule has 0 amide bonds. The maximum Gasteiger partial charge on any atom is 0.194 e. The van der Waals surface area contributed by atoms with E-state index in [1.165, 1.54) is 18.2 Å². The summed E-state index contributed by atoms with van der Waals surface area (Å²) >= 11 is 5.65. The standard InChI is InChI=1S/C14H11ClF4N2/c15-9-3-1-2-7(12(9)17)6-11(21-20)8-4-5-10(16)14(19)13(8)18/h1-5,11,21H,6,20H2. The molecule has 0 bridgehead atoms. The van der Waals surface area contributed by atoms with Gasteiger partial charge in [0.15, 0.2) is 17.5 Å². The number of nitrogens with one attached hydrogen (secondary N) is 1. The third-order valence-electron chi connectivity index (χ3n) is 3.10. The Labute approximate surface area is 123 Å². The highest BCUT2D eigenvalue weighted by Crippen LogP contribution is 2.26. The van der Waals surface area contributed by atoms with Gasteiger partial charge in [-0.05, 0) is 24.1 Å². The molecule has 0 spiro atoms. The SMILES string of the molecule is NNC(Cc1cccc(Cl)c1F)c1ccc(F)c(F)c1F. The first-order valence-corrected chi connectivity index (χ1v) is 6.36. The van der Waals surface area contributed by atoms with Gasteiger partial charge in [-0.3, -0.25) is 11.3 Å². The largest absolute Gasteiger partial charge is 0.271 e. The zero-order chi connectivity index (χ0) is 15.6. The Hall–Kier alpha value is -1.63. The molecule has 0 aliphatic carbocycles. The first-order valence-electron chi connectivity index (χ1n) is 5.98. The predicted octanol–water partition coefficient (Wildman–Crippen LogP) is 3.64. The zero-order valence-corrected chi connectivity index (χ0v) is 11.4. The van der Waals surface area contributed by atoms with Crippen LogP contribution in [-0.4, -0.2) is 0 Å². The minimum atomic E-state index is -1.60. The lowest BCUT2D eigenvalue weighted by molar-refractivity contribution is 0.423. The molecule has 0 saturated carbocycles. The molecule has 0 aliphatic rings. The summed E-state index contributed by atoms with van der Waals surface area (Å²) in [5, 5.41) is -0.0889. The highest BCUT2D eigenvalue weighted by molar-refractivity contribution is 6.30. The minimum Gasteiger partial charge on any atom is -0.271 e. The van der Waals surface area contributed by atoms with Gasteiger partial charge in [0.05, 0.1) is 11.1 Å². The molecular formula is C14H11ClF4N2. The van der Waals surface area contributed by atoms with Gasteiger partial charge in [-0.2, -0.15) is 0 Å². The first kappa shape index (κ1) is 15.8. The number of hydrogen-bond donors (Lipinski definition) is 2. The lowest BCUT2D eigenvalue weighted by Gasteiger charge is -2.18. The van der Waals surface area contributed by atoms with E-state index in [0.717, 1.165) is 12.1 Å². The van der Waals surface area contributed by atoms with Gasteiger partial charge in [-0.25, -0.2) is 17.6 Å². The molecule has 3 N–H and O–H groups in total. The average molecular weight is 319 g/mol. The maximum absolute atomic E-state index is 13.8. The van der Waals surface area contributed by atoms with Gasteiger partial charge < -0.3 is 0 Å².